The van der Waals surface area contributed by atoms with E-state index in [-0.39, 0.29) is 17.3 Å². The van der Waals surface area contributed by atoms with Gasteiger partial charge in [-0.3, -0.25) is 4.79 Å². The molecule has 3 N–H and O–H groups in total. The molecule has 3 amide bonds. The van der Waals surface area contributed by atoms with Gasteiger partial charge in [-0.1, -0.05) is 91.0 Å². The van der Waals surface area contributed by atoms with Crippen LogP contribution in [0.15, 0.2) is 114 Å². The highest BCUT2D eigenvalue weighted by Crippen LogP contribution is 2.27. The summed E-state index contributed by atoms with van der Waals surface area (Å²) < 4.78 is 24.3. The molecule has 0 saturated carbocycles. The highest BCUT2D eigenvalue weighted by atomic mass is 32.2. The van der Waals surface area contributed by atoms with Crippen molar-refractivity contribution in [3.8, 4) is 11.1 Å². The molecule has 0 aliphatic heterocycles. The van der Waals surface area contributed by atoms with Crippen LogP contribution in [0.25, 0.3) is 11.1 Å². The van der Waals surface area contributed by atoms with Crippen LogP contribution in [0.2, 0.25) is 0 Å². The van der Waals surface area contributed by atoms with Gasteiger partial charge >= 0.3 is 6.03 Å². The Morgan fingerprint density at radius 1 is 0.737 bits per heavy atom. The highest BCUT2D eigenvalue weighted by Gasteiger charge is 2.21. The molecule has 0 aliphatic carbocycles. The van der Waals surface area contributed by atoms with Crippen molar-refractivity contribution in [1.29, 1.82) is 0 Å². The van der Waals surface area contributed by atoms with Crippen molar-refractivity contribution in [2.24, 2.45) is 0 Å². The molecule has 0 aliphatic rings. The number of hydrogen-bond donors (Lipinski definition) is 3. The van der Waals surface area contributed by atoms with Crippen LogP contribution in [0.4, 0.5) is 10.5 Å². The van der Waals surface area contributed by atoms with Crippen molar-refractivity contribution in [2.45, 2.75) is 23.9 Å². The van der Waals surface area contributed by atoms with Crippen molar-refractivity contribution in [1.82, 2.24) is 10.6 Å². The molecule has 0 bridgehead atoms. The molecule has 0 aromatic heterocycles. The first-order valence-electron chi connectivity index (χ1n) is 12.1. The number of rotatable bonds is 9. The minimum absolute atomic E-state index is 0.250. The number of carbonyl (C=O) groups is 2. The van der Waals surface area contributed by atoms with Gasteiger partial charge in [0.15, 0.2) is 9.84 Å². The molecule has 0 spiro atoms. The summed E-state index contributed by atoms with van der Waals surface area (Å²) >= 11 is 0. The topological polar surface area (TPSA) is 104 Å². The third kappa shape index (κ3) is 7.30. The quantitative estimate of drug-likeness (QED) is 0.291. The first-order valence-corrected chi connectivity index (χ1v) is 14.0. The molecular formula is C30H29N3O4S. The molecule has 0 unspecified atom stereocenters. The number of urea groups is 1. The van der Waals surface area contributed by atoms with Crippen LogP contribution in [0, 0.1) is 0 Å². The van der Waals surface area contributed by atoms with E-state index < -0.39 is 21.9 Å². The van der Waals surface area contributed by atoms with Crippen LogP contribution < -0.4 is 16.0 Å². The van der Waals surface area contributed by atoms with Gasteiger partial charge in [0.1, 0.15) is 6.04 Å². The lowest BCUT2D eigenvalue weighted by molar-refractivity contribution is -0.123. The Bertz CT molecular complexity index is 1490. The minimum Gasteiger partial charge on any atom is -0.350 e. The molecular weight excluding hydrogens is 498 g/mol. The van der Waals surface area contributed by atoms with Gasteiger partial charge in [0.2, 0.25) is 5.91 Å². The molecule has 194 valence electrons. The van der Waals surface area contributed by atoms with E-state index >= 15 is 0 Å². The summed E-state index contributed by atoms with van der Waals surface area (Å²) in [5.41, 5.74) is 3.78. The maximum Gasteiger partial charge on any atom is 0.319 e. The molecule has 38 heavy (non-hydrogen) atoms. The Kier molecular flexibility index (Phi) is 8.55. The van der Waals surface area contributed by atoms with E-state index in [2.05, 4.69) is 16.0 Å². The molecule has 7 nitrogen and oxygen atoms in total. The summed E-state index contributed by atoms with van der Waals surface area (Å²) in [6.45, 7) is 0.250. The minimum atomic E-state index is -3.38. The number of carbonyl (C=O) groups excluding carboxylic acids is 2. The summed E-state index contributed by atoms with van der Waals surface area (Å²) in [4.78, 5) is 26.0. The number of nitrogens with one attached hydrogen (secondary N) is 3. The van der Waals surface area contributed by atoms with E-state index in [1.54, 1.807) is 36.4 Å². The van der Waals surface area contributed by atoms with Crippen LogP contribution in [0.5, 0.6) is 0 Å². The Balaban J connectivity index is 1.43. The molecule has 4 aromatic rings. The van der Waals surface area contributed by atoms with Crippen LogP contribution in [0.3, 0.4) is 0 Å². The lowest BCUT2D eigenvalue weighted by Crippen LogP contribution is -2.49. The molecule has 0 heterocycles. The van der Waals surface area contributed by atoms with Crippen molar-refractivity contribution >= 4 is 27.5 Å². The summed E-state index contributed by atoms with van der Waals surface area (Å²) in [5.74, 6) is -0.316. The average Bonchev–Trinajstić information content (AvgIpc) is 2.92. The van der Waals surface area contributed by atoms with Crippen molar-refractivity contribution < 1.29 is 18.0 Å². The van der Waals surface area contributed by atoms with E-state index in [9.17, 15) is 18.0 Å². The number of para-hydroxylation sites is 1. The van der Waals surface area contributed by atoms with Gasteiger partial charge in [0.05, 0.1) is 4.90 Å². The van der Waals surface area contributed by atoms with E-state index in [4.69, 9.17) is 0 Å². The van der Waals surface area contributed by atoms with Gasteiger partial charge in [0, 0.05) is 30.5 Å². The molecule has 4 rings (SSSR count). The van der Waals surface area contributed by atoms with Crippen LogP contribution in [-0.4, -0.2) is 32.7 Å². The van der Waals surface area contributed by atoms with Gasteiger partial charge in [0.25, 0.3) is 0 Å². The first-order chi connectivity index (χ1) is 18.3. The maximum absolute atomic E-state index is 13.1. The smallest absolute Gasteiger partial charge is 0.319 e. The van der Waals surface area contributed by atoms with E-state index in [1.807, 2.05) is 72.8 Å². The zero-order chi connectivity index (χ0) is 27.0. The summed E-state index contributed by atoms with van der Waals surface area (Å²) in [5, 5.41) is 8.44. The second-order valence-electron chi connectivity index (χ2n) is 8.89. The Hall–Kier alpha value is -4.43. The number of benzene rings is 4. The van der Waals surface area contributed by atoms with Gasteiger partial charge in [-0.2, -0.15) is 0 Å². The summed E-state index contributed by atoms with van der Waals surface area (Å²) in [6, 6.07) is 31.4. The zero-order valence-corrected chi connectivity index (χ0v) is 21.7. The molecule has 0 fully saturated rings. The summed E-state index contributed by atoms with van der Waals surface area (Å²) in [7, 11) is -3.38. The number of amides is 3. The molecule has 0 radical (unpaired) electrons. The zero-order valence-electron chi connectivity index (χ0n) is 20.9. The monoisotopic (exact) mass is 527 g/mol. The average molecular weight is 528 g/mol. The van der Waals surface area contributed by atoms with E-state index in [1.165, 1.54) is 6.26 Å². The van der Waals surface area contributed by atoms with Crippen LogP contribution in [0.1, 0.15) is 11.1 Å². The lowest BCUT2D eigenvalue weighted by Gasteiger charge is -2.19. The lowest BCUT2D eigenvalue weighted by atomic mass is 10.0. The molecule has 4 aromatic carbocycles. The Morgan fingerprint density at radius 3 is 2.00 bits per heavy atom. The largest absolute Gasteiger partial charge is 0.350 e. The van der Waals surface area contributed by atoms with Gasteiger partial charge < -0.3 is 16.0 Å². The molecule has 1 atom stereocenters. The van der Waals surface area contributed by atoms with Crippen LogP contribution >= 0.6 is 0 Å². The fourth-order valence-corrected chi connectivity index (χ4v) is 4.96. The fourth-order valence-electron chi connectivity index (χ4n) is 4.05. The summed E-state index contributed by atoms with van der Waals surface area (Å²) in [6.07, 6.45) is 1.52. The van der Waals surface area contributed by atoms with E-state index in [0.29, 0.717) is 17.7 Å². The third-order valence-corrected chi connectivity index (χ3v) is 7.11. The maximum atomic E-state index is 13.1. The van der Waals surface area contributed by atoms with Gasteiger partial charge in [-0.05, 0) is 34.9 Å². The Morgan fingerprint density at radius 2 is 1.34 bits per heavy atom. The first kappa shape index (κ1) is 26.6. The van der Waals surface area contributed by atoms with Crippen LogP contribution in [-0.2, 0) is 27.6 Å². The Labute approximate surface area is 222 Å². The van der Waals surface area contributed by atoms with Crippen molar-refractivity contribution in [3.05, 3.63) is 120 Å². The SMILES string of the molecule is CS(=O)(=O)c1ccccc1-c1ccc(CNC(=O)[C@@H](Cc2ccccc2)NC(=O)Nc2ccccc2)cc1. The van der Waals surface area contributed by atoms with Crippen molar-refractivity contribution in [3.63, 3.8) is 0 Å². The fraction of sp³-hybridized carbons (Fsp3) is 0.133. The predicted molar refractivity (Wildman–Crippen MR) is 149 cm³/mol. The highest BCUT2D eigenvalue weighted by molar-refractivity contribution is 7.90. The number of anilines is 1. The standard InChI is InChI=1S/C30H29N3O4S/c1-38(36,37)28-15-9-8-14-26(28)24-18-16-23(17-19-24)21-31-29(34)27(20-22-10-4-2-5-11-22)33-30(35)32-25-12-6-3-7-13-25/h2-19,27H,20-21H2,1H3,(H,31,34)(H2,32,33,35)/t27-/m1/s1. The second-order valence-corrected chi connectivity index (χ2v) is 10.9. The number of hydrogen-bond acceptors (Lipinski definition) is 4. The van der Waals surface area contributed by atoms with Crippen molar-refractivity contribution in [2.75, 3.05) is 11.6 Å². The van der Waals surface area contributed by atoms with Gasteiger partial charge in [-0.15, -0.1) is 0 Å². The normalized spacial score (nSPS) is 11.8. The second kappa shape index (κ2) is 12.2. The third-order valence-electron chi connectivity index (χ3n) is 5.95. The van der Waals surface area contributed by atoms with Gasteiger partial charge in [-0.25, -0.2) is 13.2 Å². The molecule has 8 heteroatoms. The predicted octanol–water partition coefficient (Wildman–Crippen LogP) is 4.81. The molecule has 0 saturated heterocycles. The number of sulfone groups is 1. The van der Waals surface area contributed by atoms with E-state index in [0.717, 1.165) is 16.7 Å².